The zero-order valence-electron chi connectivity index (χ0n) is 19.8. The highest BCUT2D eigenvalue weighted by Crippen LogP contribution is 2.30. The monoisotopic (exact) mass is 528 g/mol. The number of likely N-dealkylation sites (tertiary alicyclic amines) is 1. The third kappa shape index (κ3) is 7.36. The van der Waals surface area contributed by atoms with Crippen LogP contribution in [0.1, 0.15) is 43.0 Å². The van der Waals surface area contributed by atoms with Crippen LogP contribution in [0, 0.1) is 0 Å². The molecule has 0 amide bonds. The van der Waals surface area contributed by atoms with Crippen molar-refractivity contribution < 1.29 is 22.1 Å². The van der Waals surface area contributed by atoms with Gasteiger partial charge in [-0.1, -0.05) is 48.0 Å². The second-order valence-electron chi connectivity index (χ2n) is 8.69. The summed E-state index contributed by atoms with van der Waals surface area (Å²) >= 11 is 6.07. The Morgan fingerprint density at radius 3 is 2.36 bits per heavy atom. The first-order valence-corrected chi connectivity index (χ1v) is 13.8. The summed E-state index contributed by atoms with van der Waals surface area (Å²) in [6.07, 6.45) is 3.83. The lowest BCUT2D eigenvalue weighted by Gasteiger charge is -2.34. The number of piperidine rings is 1. The maximum atomic E-state index is 12.2. The van der Waals surface area contributed by atoms with Crippen LogP contribution in [-0.4, -0.2) is 50.0 Å². The van der Waals surface area contributed by atoms with E-state index in [0.717, 1.165) is 37.2 Å². The topological polar surface area (TPSA) is 85.8 Å². The van der Waals surface area contributed by atoms with Gasteiger partial charge < -0.3 is 13.8 Å². The van der Waals surface area contributed by atoms with E-state index in [4.69, 9.17) is 20.5 Å². The van der Waals surface area contributed by atoms with E-state index in [0.29, 0.717) is 18.0 Å². The first-order valence-electron chi connectivity index (χ1n) is 12.0. The Balaban J connectivity index is 1.24. The van der Waals surface area contributed by atoms with Gasteiger partial charge in [0.25, 0.3) is 0 Å². The number of carbonyl (C=O) groups excluding carboxylic acids is 1. The van der Waals surface area contributed by atoms with Gasteiger partial charge in [0, 0.05) is 30.7 Å². The number of benzene rings is 2. The summed E-state index contributed by atoms with van der Waals surface area (Å²) in [5.74, 6) is -0.738. The lowest BCUT2D eigenvalue weighted by atomic mass is 10.0. The van der Waals surface area contributed by atoms with Crippen LogP contribution >= 0.6 is 11.6 Å². The zero-order valence-corrected chi connectivity index (χ0v) is 21.4. The third-order valence-electron chi connectivity index (χ3n) is 6.08. The predicted molar refractivity (Wildman–Crippen MR) is 137 cm³/mol. The molecule has 1 aliphatic heterocycles. The Labute approximate surface area is 217 Å². The third-order valence-corrected chi connectivity index (χ3v) is 7.59. The fourth-order valence-electron chi connectivity index (χ4n) is 4.20. The van der Waals surface area contributed by atoms with E-state index >= 15 is 0 Å². The zero-order chi connectivity index (χ0) is 25.4. The molecule has 0 radical (unpaired) electrons. The summed E-state index contributed by atoms with van der Waals surface area (Å²) in [6, 6.07) is 21.1. The molecule has 1 unspecified atom stereocenters. The molecule has 1 atom stereocenters. The minimum absolute atomic E-state index is 0.0250. The second kappa shape index (κ2) is 12.5. The molecule has 0 bridgehead atoms. The summed E-state index contributed by atoms with van der Waals surface area (Å²) < 4.78 is 35.6. The average Bonchev–Trinajstić information content (AvgIpc) is 2.89. The van der Waals surface area contributed by atoms with Crippen molar-refractivity contribution in [2.24, 2.45) is 0 Å². The molecule has 7 nitrogen and oxygen atoms in total. The summed E-state index contributed by atoms with van der Waals surface area (Å²) in [4.78, 5) is 18.8. The summed E-state index contributed by atoms with van der Waals surface area (Å²) in [6.45, 7) is 2.35. The molecule has 9 heteroatoms. The van der Waals surface area contributed by atoms with E-state index in [2.05, 4.69) is 9.88 Å². The molecule has 3 aromatic rings. The van der Waals surface area contributed by atoms with Crippen molar-refractivity contribution in [3.05, 3.63) is 95.3 Å². The van der Waals surface area contributed by atoms with Gasteiger partial charge in [-0.2, -0.15) is 8.42 Å². The number of halogens is 1. The molecular weight excluding hydrogens is 500 g/mol. The quantitative estimate of drug-likeness (QED) is 0.341. The predicted octanol–water partition coefficient (Wildman–Crippen LogP) is 5.02. The normalized spacial score (nSPS) is 15.9. The Morgan fingerprint density at radius 1 is 1.00 bits per heavy atom. The van der Waals surface area contributed by atoms with Gasteiger partial charge in [0.2, 0.25) is 0 Å². The summed E-state index contributed by atoms with van der Waals surface area (Å²) in [5, 5.41) is 0.674. The van der Waals surface area contributed by atoms with E-state index < -0.39 is 16.1 Å². The van der Waals surface area contributed by atoms with Crippen molar-refractivity contribution >= 4 is 27.7 Å². The van der Waals surface area contributed by atoms with Crippen LogP contribution < -0.4 is 0 Å². The molecule has 4 rings (SSSR count). The molecule has 1 aromatic heterocycles. The number of carbonyl (C=O) groups is 1. The molecule has 1 saturated heterocycles. The van der Waals surface area contributed by atoms with Gasteiger partial charge in [0.05, 0.1) is 11.8 Å². The standard InChI is InChI=1S/C27H29ClN2O5S/c28-22-13-11-21(12-14-22)27(25-9-4-5-17-29-25)34-23-15-19-30(20-16-23)18-6-10-26(31)35-36(32,33)24-7-2-1-3-8-24/h1-5,7-9,11-14,17,23,27H,6,10,15-16,18-20H2. The minimum Gasteiger partial charge on any atom is -0.364 e. The Kier molecular flexibility index (Phi) is 9.09. The minimum atomic E-state index is -4.07. The summed E-state index contributed by atoms with van der Waals surface area (Å²) in [7, 11) is -4.07. The molecule has 0 N–H and O–H groups in total. The van der Waals surface area contributed by atoms with Crippen molar-refractivity contribution in [1.29, 1.82) is 0 Å². The highest BCUT2D eigenvalue weighted by atomic mass is 35.5. The molecular formula is C27H29ClN2O5S. The Bertz CT molecular complexity index is 1220. The fraction of sp³-hybridized carbons (Fsp3) is 0.333. The molecule has 0 spiro atoms. The SMILES string of the molecule is O=C(CCCN1CCC(OC(c2ccc(Cl)cc2)c2ccccn2)CC1)OS(=O)(=O)c1ccccc1. The number of hydrogen-bond donors (Lipinski definition) is 0. The molecule has 190 valence electrons. The van der Waals surface area contributed by atoms with Crippen molar-refractivity contribution in [3.8, 4) is 0 Å². The van der Waals surface area contributed by atoms with Crippen molar-refractivity contribution in [1.82, 2.24) is 9.88 Å². The molecule has 1 fully saturated rings. The highest BCUT2D eigenvalue weighted by Gasteiger charge is 2.26. The van der Waals surface area contributed by atoms with Gasteiger partial charge in [-0.25, -0.2) is 0 Å². The number of rotatable bonds is 10. The van der Waals surface area contributed by atoms with Crippen molar-refractivity contribution in [3.63, 3.8) is 0 Å². The fourth-order valence-corrected chi connectivity index (χ4v) is 5.24. The molecule has 0 saturated carbocycles. The molecule has 2 aromatic carbocycles. The van der Waals surface area contributed by atoms with Crippen LogP contribution in [-0.2, 0) is 23.8 Å². The van der Waals surface area contributed by atoms with Crippen LogP contribution in [0.25, 0.3) is 0 Å². The maximum absolute atomic E-state index is 12.2. The van der Waals surface area contributed by atoms with Gasteiger partial charge >= 0.3 is 16.1 Å². The van der Waals surface area contributed by atoms with Gasteiger partial charge in [-0.15, -0.1) is 0 Å². The van der Waals surface area contributed by atoms with Gasteiger partial charge in [0.15, 0.2) is 0 Å². The van der Waals surface area contributed by atoms with Crippen LogP contribution in [0.5, 0.6) is 0 Å². The first kappa shape index (κ1) is 26.3. The lowest BCUT2D eigenvalue weighted by molar-refractivity contribution is -0.134. The number of pyridine rings is 1. The van der Waals surface area contributed by atoms with E-state index in [1.54, 1.807) is 24.4 Å². The Hall–Kier alpha value is -2.78. The first-order chi connectivity index (χ1) is 17.4. The average molecular weight is 529 g/mol. The van der Waals surface area contributed by atoms with Crippen LogP contribution in [0.15, 0.2) is 83.9 Å². The Morgan fingerprint density at radius 2 is 1.69 bits per heavy atom. The van der Waals surface area contributed by atoms with Gasteiger partial charge in [0.1, 0.15) is 11.0 Å². The van der Waals surface area contributed by atoms with E-state index in [1.165, 1.54) is 12.1 Å². The maximum Gasteiger partial charge on any atom is 0.341 e. The van der Waals surface area contributed by atoms with E-state index in [9.17, 15) is 13.2 Å². The number of nitrogens with zero attached hydrogens (tertiary/aromatic N) is 2. The smallest absolute Gasteiger partial charge is 0.341 e. The number of aromatic nitrogens is 1. The van der Waals surface area contributed by atoms with E-state index in [1.807, 2.05) is 42.5 Å². The molecule has 0 aliphatic carbocycles. The molecule has 1 aliphatic rings. The largest absolute Gasteiger partial charge is 0.364 e. The van der Waals surface area contributed by atoms with E-state index in [-0.39, 0.29) is 23.5 Å². The second-order valence-corrected chi connectivity index (χ2v) is 10.7. The van der Waals surface area contributed by atoms with Crippen molar-refractivity contribution in [2.45, 2.75) is 42.8 Å². The lowest BCUT2D eigenvalue weighted by Crippen LogP contribution is -2.38. The number of hydrogen-bond acceptors (Lipinski definition) is 7. The number of ether oxygens (including phenoxy) is 1. The highest BCUT2D eigenvalue weighted by molar-refractivity contribution is 7.87. The molecule has 2 heterocycles. The van der Waals surface area contributed by atoms with Gasteiger partial charge in [-0.3, -0.25) is 9.78 Å². The van der Waals surface area contributed by atoms with Crippen LogP contribution in [0.4, 0.5) is 0 Å². The summed E-state index contributed by atoms with van der Waals surface area (Å²) in [5.41, 5.74) is 1.86. The molecule has 36 heavy (non-hydrogen) atoms. The van der Waals surface area contributed by atoms with Crippen LogP contribution in [0.3, 0.4) is 0 Å². The van der Waals surface area contributed by atoms with Crippen LogP contribution in [0.2, 0.25) is 5.02 Å². The van der Waals surface area contributed by atoms with Gasteiger partial charge in [-0.05, 0) is 67.8 Å². The van der Waals surface area contributed by atoms with Crippen molar-refractivity contribution in [2.75, 3.05) is 19.6 Å².